The first kappa shape index (κ1) is 13.3. The Labute approximate surface area is 127 Å². The Morgan fingerprint density at radius 3 is 3.18 bits per heavy atom. The van der Waals surface area contributed by atoms with E-state index in [-0.39, 0.29) is 6.10 Å². The van der Waals surface area contributed by atoms with E-state index in [1.807, 2.05) is 12.1 Å². The molecule has 1 aliphatic rings. The maximum Gasteiger partial charge on any atom is 0.254 e. The van der Waals surface area contributed by atoms with Crippen molar-refractivity contribution in [3.8, 4) is 0 Å². The summed E-state index contributed by atoms with van der Waals surface area (Å²) in [6, 6.07) is 5.91. The van der Waals surface area contributed by atoms with Crippen molar-refractivity contribution in [2.45, 2.75) is 19.4 Å². The molecule has 114 valence electrons. The van der Waals surface area contributed by atoms with Crippen LogP contribution < -0.4 is 4.90 Å². The van der Waals surface area contributed by atoms with E-state index in [0.29, 0.717) is 12.4 Å². The summed E-state index contributed by atoms with van der Waals surface area (Å²) in [5.41, 5.74) is 1.01. The number of fused-ring (bicyclic) bond motifs is 1. The highest BCUT2D eigenvalue weighted by molar-refractivity contribution is 5.48. The quantitative estimate of drug-likeness (QED) is 0.735. The Morgan fingerprint density at radius 2 is 2.36 bits per heavy atom. The van der Waals surface area contributed by atoms with Crippen LogP contribution in [0.1, 0.15) is 24.5 Å². The highest BCUT2D eigenvalue weighted by Gasteiger charge is 2.26. The minimum Gasteiger partial charge on any atom is -0.467 e. The molecule has 7 nitrogen and oxygen atoms in total. The number of morpholine rings is 1. The summed E-state index contributed by atoms with van der Waals surface area (Å²) in [7, 11) is 0. The fourth-order valence-electron chi connectivity index (χ4n) is 2.75. The Morgan fingerprint density at radius 1 is 1.41 bits per heavy atom. The highest BCUT2D eigenvalue weighted by atomic mass is 16.5. The van der Waals surface area contributed by atoms with E-state index >= 15 is 0 Å². The predicted molar refractivity (Wildman–Crippen MR) is 79.8 cm³/mol. The standard InChI is InChI=1S/C15H17N5O2/c1-2-11-8-14(20-15(18-11)16-10-17-20)19-5-7-22-13(9-19)12-4-3-6-21-12/h3-4,6,8,10,13H,2,5,7,9H2,1H3. The van der Waals surface area contributed by atoms with Gasteiger partial charge in [-0.25, -0.2) is 4.98 Å². The number of ether oxygens (including phenoxy) is 1. The van der Waals surface area contributed by atoms with Gasteiger partial charge in [0.15, 0.2) is 0 Å². The van der Waals surface area contributed by atoms with E-state index in [2.05, 4.69) is 33.0 Å². The Kier molecular flexibility index (Phi) is 3.27. The van der Waals surface area contributed by atoms with Crippen LogP contribution >= 0.6 is 0 Å². The molecule has 1 saturated heterocycles. The first-order valence-corrected chi connectivity index (χ1v) is 7.44. The van der Waals surface area contributed by atoms with Crippen LogP contribution in [0, 0.1) is 0 Å². The predicted octanol–water partition coefficient (Wildman–Crippen LogP) is 1.86. The van der Waals surface area contributed by atoms with Crippen LogP contribution in [0.2, 0.25) is 0 Å². The molecule has 1 aliphatic heterocycles. The van der Waals surface area contributed by atoms with Crippen LogP contribution in [-0.4, -0.2) is 39.3 Å². The molecule has 1 unspecified atom stereocenters. The third-order valence-electron chi connectivity index (χ3n) is 3.90. The van der Waals surface area contributed by atoms with E-state index in [0.717, 1.165) is 36.8 Å². The van der Waals surface area contributed by atoms with Gasteiger partial charge in [0.05, 0.1) is 19.4 Å². The van der Waals surface area contributed by atoms with Crippen molar-refractivity contribution in [2.75, 3.05) is 24.6 Å². The van der Waals surface area contributed by atoms with Crippen molar-refractivity contribution in [1.82, 2.24) is 19.6 Å². The summed E-state index contributed by atoms with van der Waals surface area (Å²) in [6.45, 7) is 4.25. The molecule has 0 saturated carbocycles. The molecule has 3 aromatic rings. The Balaban J connectivity index is 1.70. The zero-order valence-corrected chi connectivity index (χ0v) is 12.3. The Bertz CT molecular complexity index is 767. The molecule has 22 heavy (non-hydrogen) atoms. The highest BCUT2D eigenvalue weighted by Crippen LogP contribution is 2.26. The minimum atomic E-state index is -0.0689. The van der Waals surface area contributed by atoms with Gasteiger partial charge in [-0.05, 0) is 18.6 Å². The summed E-state index contributed by atoms with van der Waals surface area (Å²) in [6.07, 6.45) is 4.01. The molecule has 4 rings (SSSR count). The largest absolute Gasteiger partial charge is 0.467 e. The van der Waals surface area contributed by atoms with E-state index < -0.39 is 0 Å². The molecule has 0 amide bonds. The number of hydrogen-bond donors (Lipinski definition) is 0. The monoisotopic (exact) mass is 299 g/mol. The molecular formula is C15H17N5O2. The van der Waals surface area contributed by atoms with E-state index in [1.54, 1.807) is 10.8 Å². The van der Waals surface area contributed by atoms with Crippen molar-refractivity contribution in [3.63, 3.8) is 0 Å². The maximum absolute atomic E-state index is 5.83. The summed E-state index contributed by atoms with van der Waals surface area (Å²) in [4.78, 5) is 11.0. The number of aryl methyl sites for hydroxylation is 1. The summed E-state index contributed by atoms with van der Waals surface area (Å²) in [5, 5.41) is 4.29. The van der Waals surface area contributed by atoms with Crippen molar-refractivity contribution in [3.05, 3.63) is 42.2 Å². The molecule has 3 aromatic heterocycles. The van der Waals surface area contributed by atoms with Gasteiger partial charge in [-0.1, -0.05) is 6.92 Å². The lowest BCUT2D eigenvalue weighted by atomic mass is 10.2. The van der Waals surface area contributed by atoms with Crippen LogP contribution in [0.5, 0.6) is 0 Å². The molecule has 0 radical (unpaired) electrons. The number of rotatable bonds is 3. The minimum absolute atomic E-state index is 0.0689. The number of anilines is 1. The third-order valence-corrected chi connectivity index (χ3v) is 3.90. The smallest absolute Gasteiger partial charge is 0.254 e. The number of hydrogen-bond acceptors (Lipinski definition) is 6. The molecule has 4 heterocycles. The van der Waals surface area contributed by atoms with Crippen LogP contribution in [0.25, 0.3) is 5.78 Å². The third kappa shape index (κ3) is 2.23. The van der Waals surface area contributed by atoms with Gasteiger partial charge in [-0.2, -0.15) is 14.6 Å². The van der Waals surface area contributed by atoms with Gasteiger partial charge < -0.3 is 14.1 Å². The molecule has 0 spiro atoms. The van der Waals surface area contributed by atoms with Gasteiger partial charge in [0.1, 0.15) is 24.0 Å². The SMILES string of the molecule is CCc1cc(N2CCOC(c3ccco3)C2)n2ncnc2n1. The van der Waals surface area contributed by atoms with Crippen LogP contribution in [-0.2, 0) is 11.2 Å². The first-order chi connectivity index (χ1) is 10.8. The second-order valence-corrected chi connectivity index (χ2v) is 5.25. The van der Waals surface area contributed by atoms with Crippen molar-refractivity contribution in [1.29, 1.82) is 0 Å². The molecule has 7 heteroatoms. The molecule has 0 aliphatic carbocycles. The molecule has 1 atom stereocenters. The second-order valence-electron chi connectivity index (χ2n) is 5.25. The van der Waals surface area contributed by atoms with Gasteiger partial charge >= 0.3 is 0 Å². The summed E-state index contributed by atoms with van der Waals surface area (Å²) >= 11 is 0. The van der Waals surface area contributed by atoms with Gasteiger partial charge in [-0.15, -0.1) is 0 Å². The number of furan rings is 1. The lowest BCUT2D eigenvalue weighted by Crippen LogP contribution is -2.39. The van der Waals surface area contributed by atoms with Gasteiger partial charge in [0.25, 0.3) is 5.78 Å². The van der Waals surface area contributed by atoms with Gasteiger partial charge in [0, 0.05) is 18.3 Å². The van der Waals surface area contributed by atoms with Crippen molar-refractivity contribution in [2.24, 2.45) is 0 Å². The van der Waals surface area contributed by atoms with Gasteiger partial charge in [0.2, 0.25) is 0 Å². The molecule has 0 bridgehead atoms. The lowest BCUT2D eigenvalue weighted by Gasteiger charge is -2.33. The normalized spacial score (nSPS) is 19.0. The maximum atomic E-state index is 5.83. The molecule has 0 N–H and O–H groups in total. The molecule has 0 aromatic carbocycles. The van der Waals surface area contributed by atoms with Crippen molar-refractivity contribution < 1.29 is 9.15 Å². The number of nitrogens with zero attached hydrogens (tertiary/aromatic N) is 5. The van der Waals surface area contributed by atoms with E-state index in [9.17, 15) is 0 Å². The lowest BCUT2D eigenvalue weighted by molar-refractivity contribution is 0.0253. The summed E-state index contributed by atoms with van der Waals surface area (Å²) < 4.78 is 13.1. The zero-order chi connectivity index (χ0) is 14.9. The fourth-order valence-corrected chi connectivity index (χ4v) is 2.75. The molecular weight excluding hydrogens is 282 g/mol. The zero-order valence-electron chi connectivity index (χ0n) is 12.3. The second kappa shape index (κ2) is 5.42. The van der Waals surface area contributed by atoms with Crippen LogP contribution in [0.15, 0.2) is 35.2 Å². The average Bonchev–Trinajstić information content (AvgIpc) is 3.25. The van der Waals surface area contributed by atoms with E-state index in [4.69, 9.17) is 9.15 Å². The first-order valence-electron chi connectivity index (χ1n) is 7.44. The fraction of sp³-hybridized carbons (Fsp3) is 0.400. The summed E-state index contributed by atoms with van der Waals surface area (Å²) in [5.74, 6) is 2.49. The topological polar surface area (TPSA) is 68.7 Å². The van der Waals surface area contributed by atoms with Gasteiger partial charge in [-0.3, -0.25) is 0 Å². The average molecular weight is 299 g/mol. The Hall–Kier alpha value is -2.41. The van der Waals surface area contributed by atoms with Crippen molar-refractivity contribution >= 4 is 11.6 Å². The molecule has 1 fully saturated rings. The van der Waals surface area contributed by atoms with Crippen LogP contribution in [0.3, 0.4) is 0 Å². The van der Waals surface area contributed by atoms with Crippen LogP contribution in [0.4, 0.5) is 5.82 Å². The number of aromatic nitrogens is 4. The van der Waals surface area contributed by atoms with E-state index in [1.165, 1.54) is 6.33 Å².